The fourth-order valence-electron chi connectivity index (χ4n) is 6.34. The first-order valence-electron chi connectivity index (χ1n) is 15.5. The van der Waals surface area contributed by atoms with Gasteiger partial charge in [0.2, 0.25) is 0 Å². The Kier molecular flexibility index (Phi) is 10.4. The molecule has 0 saturated carbocycles. The van der Waals surface area contributed by atoms with Gasteiger partial charge in [-0.25, -0.2) is 9.97 Å². The fourth-order valence-corrected chi connectivity index (χ4v) is 6.72. The van der Waals surface area contributed by atoms with Gasteiger partial charge in [-0.1, -0.05) is 0 Å². The highest BCUT2D eigenvalue weighted by molar-refractivity contribution is 6.19. The van der Waals surface area contributed by atoms with Crippen LogP contribution in [0.4, 0.5) is 0 Å². The van der Waals surface area contributed by atoms with Crippen LogP contribution in [0.3, 0.4) is 0 Å². The number of H-pyrrole nitrogens is 2. The van der Waals surface area contributed by atoms with Crippen LogP contribution < -0.4 is 0 Å². The Morgan fingerprint density at radius 1 is 0.609 bits per heavy atom. The third-order valence-corrected chi connectivity index (χ3v) is 9.48. The smallest absolute Gasteiger partial charge is 0.305 e. The third kappa shape index (κ3) is 6.65. The number of esters is 2. The van der Waals surface area contributed by atoms with Crippen molar-refractivity contribution in [1.29, 1.82) is 0 Å². The zero-order valence-corrected chi connectivity index (χ0v) is 28.8. The van der Waals surface area contributed by atoms with Gasteiger partial charge in [0, 0.05) is 46.7 Å². The first-order valence-corrected chi connectivity index (χ1v) is 16.6. The maximum Gasteiger partial charge on any atom is 0.305 e. The van der Waals surface area contributed by atoms with Crippen molar-refractivity contribution in [3.63, 3.8) is 0 Å². The summed E-state index contributed by atoms with van der Waals surface area (Å²) in [5, 5.41) is 0. The molecule has 0 fully saturated rings. The summed E-state index contributed by atoms with van der Waals surface area (Å²) < 4.78 is 9.92. The Balaban J connectivity index is 1.90. The SMILES string of the molecule is COC(=O)CCc1c(C)c2cc3[nH]c(cc4nc(cc5nc(cc1[nH]2)C(C)=C5CCCl)C(C)=C4CCCl)c(CCC(=O)OC)c3C. The van der Waals surface area contributed by atoms with Crippen molar-refractivity contribution < 1.29 is 19.1 Å². The number of hydrogen-bond donors (Lipinski definition) is 2. The lowest BCUT2D eigenvalue weighted by Gasteiger charge is -2.03. The van der Waals surface area contributed by atoms with E-state index in [9.17, 15) is 9.59 Å². The predicted octanol–water partition coefficient (Wildman–Crippen LogP) is 8.26. The molecule has 2 aliphatic rings. The zero-order valence-electron chi connectivity index (χ0n) is 27.2. The number of aromatic amines is 2. The van der Waals surface area contributed by atoms with Gasteiger partial charge < -0.3 is 19.4 Å². The van der Waals surface area contributed by atoms with E-state index in [1.807, 2.05) is 6.07 Å². The quantitative estimate of drug-likeness (QED) is 0.167. The minimum Gasteiger partial charge on any atom is -0.469 e. The van der Waals surface area contributed by atoms with Crippen LogP contribution in [-0.2, 0) is 31.9 Å². The predicted molar refractivity (Wildman–Crippen MR) is 187 cm³/mol. The van der Waals surface area contributed by atoms with Crippen molar-refractivity contribution in [2.24, 2.45) is 0 Å². The molecule has 0 saturated heterocycles. The highest BCUT2D eigenvalue weighted by Crippen LogP contribution is 2.37. The number of alkyl halides is 2. The molecule has 3 aromatic rings. The number of allylic oxidation sites excluding steroid dienone is 4. The molecule has 10 heteroatoms. The topological polar surface area (TPSA) is 110 Å². The monoisotopic (exact) mass is 662 g/mol. The number of rotatable bonds is 10. The number of nitrogens with one attached hydrogen (secondary N) is 2. The second-order valence-corrected chi connectivity index (χ2v) is 12.4. The average Bonchev–Trinajstić information content (AvgIpc) is 3.69. The second-order valence-electron chi connectivity index (χ2n) is 11.7. The lowest BCUT2D eigenvalue weighted by molar-refractivity contribution is -0.141. The summed E-state index contributed by atoms with van der Waals surface area (Å²) in [6, 6.07) is 8.26. The number of carbonyl (C=O) groups excluding carboxylic acids is 2. The molecule has 2 N–H and O–H groups in total. The molecule has 0 aromatic carbocycles. The molecule has 8 nitrogen and oxygen atoms in total. The summed E-state index contributed by atoms with van der Waals surface area (Å²) in [5.74, 6) is 0.393. The molecule has 242 valence electrons. The lowest BCUT2D eigenvalue weighted by atomic mass is 10.0. The summed E-state index contributed by atoms with van der Waals surface area (Å²) in [6.07, 6.45) is 2.85. The molecule has 0 amide bonds. The van der Waals surface area contributed by atoms with Crippen LogP contribution in [-0.4, -0.2) is 57.9 Å². The Labute approximate surface area is 279 Å². The Morgan fingerprint density at radius 3 is 1.46 bits per heavy atom. The molecule has 0 unspecified atom stereocenters. The van der Waals surface area contributed by atoms with Gasteiger partial charge in [-0.2, -0.15) is 0 Å². The Hall–Kier alpha value is -3.88. The van der Waals surface area contributed by atoms with Crippen LogP contribution in [0, 0.1) is 13.8 Å². The van der Waals surface area contributed by atoms with Crippen molar-refractivity contribution in [2.75, 3.05) is 26.0 Å². The summed E-state index contributed by atoms with van der Waals surface area (Å²) in [6.45, 7) is 8.27. The lowest BCUT2D eigenvalue weighted by Crippen LogP contribution is -2.02. The van der Waals surface area contributed by atoms with Crippen molar-refractivity contribution in [3.8, 4) is 0 Å². The van der Waals surface area contributed by atoms with Gasteiger partial charge in [0.1, 0.15) is 0 Å². The first kappa shape index (κ1) is 33.5. The average molecular weight is 664 g/mol. The summed E-state index contributed by atoms with van der Waals surface area (Å²) >= 11 is 12.6. The minimum atomic E-state index is -0.266. The molecule has 0 spiro atoms. The molecule has 46 heavy (non-hydrogen) atoms. The maximum absolute atomic E-state index is 12.2. The zero-order chi connectivity index (χ0) is 33.1. The molecule has 0 atom stereocenters. The van der Waals surface area contributed by atoms with Gasteiger partial charge in [-0.15, -0.1) is 23.2 Å². The second kappa shape index (κ2) is 14.3. The van der Waals surface area contributed by atoms with E-state index in [4.69, 9.17) is 42.6 Å². The van der Waals surface area contributed by atoms with E-state index < -0.39 is 0 Å². The van der Waals surface area contributed by atoms with Crippen LogP contribution in [0.25, 0.3) is 44.4 Å². The van der Waals surface area contributed by atoms with Crippen molar-refractivity contribution in [3.05, 3.63) is 69.3 Å². The van der Waals surface area contributed by atoms with Crippen molar-refractivity contribution in [2.45, 2.75) is 66.2 Å². The van der Waals surface area contributed by atoms with Crippen LogP contribution in [0.5, 0.6) is 0 Å². The van der Waals surface area contributed by atoms with E-state index in [1.165, 1.54) is 14.2 Å². The fraction of sp³-hybridized carbons (Fsp3) is 0.389. The molecule has 0 radical (unpaired) electrons. The number of aromatic nitrogens is 4. The van der Waals surface area contributed by atoms with Crippen LogP contribution in [0.1, 0.15) is 84.6 Å². The van der Waals surface area contributed by atoms with Gasteiger partial charge in [0.15, 0.2) is 0 Å². The number of ether oxygens (including phenoxy) is 2. The third-order valence-electron chi connectivity index (χ3n) is 9.10. The van der Waals surface area contributed by atoms with E-state index in [1.54, 1.807) is 0 Å². The molecular weight excluding hydrogens is 623 g/mol. The number of carbonyl (C=O) groups is 2. The van der Waals surface area contributed by atoms with E-state index in [-0.39, 0.29) is 24.8 Å². The first-order chi connectivity index (χ1) is 22.1. The van der Waals surface area contributed by atoms with E-state index >= 15 is 0 Å². The van der Waals surface area contributed by atoms with Crippen molar-refractivity contribution in [1.82, 2.24) is 19.9 Å². The van der Waals surface area contributed by atoms with Gasteiger partial charge >= 0.3 is 11.9 Å². The summed E-state index contributed by atoms with van der Waals surface area (Å²) in [7, 11) is 2.81. The standard InChI is InChI=1S/C36H40Cl2N4O4/c1-19-23(7-9-35(43)45-5)31-16-29-21(3)25(11-13-37)32(41-29)17-30-22(4)26(12-14-38)34(42-30)18-33-24(8-10-36(44)46-6)20(2)28(40-33)15-27(19)39-31/h15-18,39-40H,7-14H2,1-6H3. The highest BCUT2D eigenvalue weighted by Gasteiger charge is 2.22. The van der Waals surface area contributed by atoms with Crippen LogP contribution in [0.2, 0.25) is 0 Å². The van der Waals surface area contributed by atoms with Gasteiger partial charge in [0.25, 0.3) is 0 Å². The number of methoxy groups -OCH3 is 2. The number of aryl methyl sites for hydroxylation is 4. The number of nitrogens with zero attached hydrogens (tertiary/aromatic N) is 2. The maximum atomic E-state index is 12.2. The van der Waals surface area contributed by atoms with Gasteiger partial charge in [-0.05, 0) is 122 Å². The Morgan fingerprint density at radius 2 is 1.02 bits per heavy atom. The van der Waals surface area contributed by atoms with Crippen molar-refractivity contribution >= 4 is 79.5 Å². The van der Waals surface area contributed by atoms with Gasteiger partial charge in [0.05, 0.1) is 37.0 Å². The highest BCUT2D eigenvalue weighted by atomic mass is 35.5. The minimum absolute atomic E-state index is 0.252. The van der Waals surface area contributed by atoms with E-state index in [0.717, 1.165) is 89.4 Å². The molecule has 0 aliphatic carbocycles. The summed E-state index contributed by atoms with van der Waals surface area (Å²) in [4.78, 5) is 41.8. The molecule has 3 aromatic heterocycles. The molecule has 5 rings (SSSR count). The largest absolute Gasteiger partial charge is 0.469 e. The van der Waals surface area contributed by atoms with E-state index in [2.05, 4.69) is 55.9 Å². The molecule has 8 bridgehead atoms. The number of hydrogen-bond acceptors (Lipinski definition) is 6. The number of halogens is 2. The molecular formula is C36H40Cl2N4O4. The Bertz CT molecular complexity index is 1930. The van der Waals surface area contributed by atoms with Crippen LogP contribution in [0.15, 0.2) is 24.3 Å². The van der Waals surface area contributed by atoms with Gasteiger partial charge in [-0.3, -0.25) is 9.59 Å². The van der Waals surface area contributed by atoms with E-state index in [0.29, 0.717) is 37.4 Å². The molecule has 5 heterocycles. The normalized spacial score (nSPS) is 13.0. The number of fused-ring (bicyclic) bond motifs is 8. The summed E-state index contributed by atoms with van der Waals surface area (Å²) in [5.41, 5.74) is 15.3. The van der Waals surface area contributed by atoms with Crippen LogP contribution >= 0.6 is 23.2 Å². The molecule has 2 aliphatic heterocycles.